The Labute approximate surface area is 112 Å². The number of nitrogens with one attached hydrogen (secondary N) is 1. The Bertz CT molecular complexity index is 322. The van der Waals surface area contributed by atoms with E-state index in [0.717, 1.165) is 25.7 Å². The maximum Gasteiger partial charge on any atom is 0.168 e. The van der Waals surface area contributed by atoms with Crippen LogP contribution in [-0.4, -0.2) is 33.5 Å². The van der Waals surface area contributed by atoms with Crippen LogP contribution < -0.4 is 4.72 Å². The van der Waals surface area contributed by atoms with Crippen LogP contribution in [0.5, 0.6) is 0 Å². The van der Waals surface area contributed by atoms with Gasteiger partial charge in [0.15, 0.2) is 5.79 Å². The van der Waals surface area contributed by atoms with Gasteiger partial charge < -0.3 is 9.47 Å². The summed E-state index contributed by atoms with van der Waals surface area (Å²) in [6.07, 6.45) is 3.65. The zero-order valence-corrected chi connectivity index (χ0v) is 12.7. The third-order valence-corrected chi connectivity index (χ3v) is 5.61. The van der Waals surface area contributed by atoms with E-state index in [0.29, 0.717) is 13.2 Å². The average Bonchev–Trinajstić information content (AvgIpc) is 2.71. The van der Waals surface area contributed by atoms with Crippen LogP contribution in [0.25, 0.3) is 0 Å². The molecule has 2 aliphatic rings. The smallest absolute Gasteiger partial charge is 0.168 e. The number of rotatable bonds is 2. The van der Waals surface area contributed by atoms with Crippen molar-refractivity contribution in [3.8, 4) is 0 Å². The minimum absolute atomic E-state index is 0.0707. The van der Waals surface area contributed by atoms with Crippen molar-refractivity contribution < 1.29 is 13.7 Å². The van der Waals surface area contributed by atoms with Crippen LogP contribution in [0.4, 0.5) is 0 Å². The van der Waals surface area contributed by atoms with Crippen molar-refractivity contribution in [1.82, 2.24) is 4.72 Å². The van der Waals surface area contributed by atoms with Gasteiger partial charge in [0.2, 0.25) is 0 Å². The highest BCUT2D eigenvalue weighted by molar-refractivity contribution is 7.84. The lowest BCUT2D eigenvalue weighted by Gasteiger charge is -2.42. The molecule has 2 rings (SSSR count). The van der Waals surface area contributed by atoms with Crippen molar-refractivity contribution in [2.45, 2.75) is 69.5 Å². The molecule has 1 saturated carbocycles. The van der Waals surface area contributed by atoms with Crippen LogP contribution in [0, 0.1) is 0 Å². The maximum atomic E-state index is 12.2. The Morgan fingerprint density at radius 3 is 2.00 bits per heavy atom. The number of hydrogen-bond donors (Lipinski definition) is 1. The van der Waals surface area contributed by atoms with E-state index in [1.807, 2.05) is 20.8 Å². The fourth-order valence-corrected chi connectivity index (χ4v) is 3.41. The van der Waals surface area contributed by atoms with Gasteiger partial charge >= 0.3 is 0 Å². The normalized spacial score (nSPS) is 28.4. The van der Waals surface area contributed by atoms with Gasteiger partial charge in [-0.3, -0.25) is 0 Å². The summed E-state index contributed by atoms with van der Waals surface area (Å²) in [6, 6.07) is 0. The van der Waals surface area contributed by atoms with Crippen molar-refractivity contribution in [1.29, 1.82) is 0 Å². The molecule has 106 valence electrons. The molecule has 4 nitrogen and oxygen atoms in total. The highest BCUT2D eigenvalue weighted by Crippen LogP contribution is 2.40. The van der Waals surface area contributed by atoms with Crippen LogP contribution in [0.2, 0.25) is 0 Å². The second-order valence-corrected chi connectivity index (χ2v) is 8.62. The molecule has 0 radical (unpaired) electrons. The molecule has 1 unspecified atom stereocenters. The van der Waals surface area contributed by atoms with Crippen molar-refractivity contribution in [2.75, 3.05) is 13.2 Å². The van der Waals surface area contributed by atoms with Gasteiger partial charge in [0.05, 0.1) is 28.9 Å². The first kappa shape index (κ1) is 14.4. The molecule has 0 aromatic heterocycles. The Balaban J connectivity index is 1.93. The second kappa shape index (κ2) is 4.85. The standard InChI is InChI=1S/C13H25NO3S/c1-11(2,3)18(15)14-12(4)5-7-13(8-6-12)16-9-10-17-13/h14H,5-10H2,1-4H3. The largest absolute Gasteiger partial charge is 0.348 e. The van der Waals surface area contributed by atoms with E-state index in [4.69, 9.17) is 9.47 Å². The molecule has 0 amide bonds. The van der Waals surface area contributed by atoms with Gasteiger partial charge in [-0.05, 0) is 40.5 Å². The van der Waals surface area contributed by atoms with Crippen LogP contribution in [0.15, 0.2) is 0 Å². The lowest BCUT2D eigenvalue weighted by atomic mass is 9.81. The minimum Gasteiger partial charge on any atom is -0.348 e. The molecule has 1 atom stereocenters. The lowest BCUT2D eigenvalue weighted by Crippen LogP contribution is -2.53. The van der Waals surface area contributed by atoms with Gasteiger partial charge in [0.1, 0.15) is 0 Å². The molecular formula is C13H25NO3S. The third kappa shape index (κ3) is 3.13. The van der Waals surface area contributed by atoms with E-state index in [2.05, 4.69) is 11.6 Å². The SMILES string of the molecule is CC1(NS(=O)C(C)(C)C)CCC2(CC1)OCCO2. The summed E-state index contributed by atoms with van der Waals surface area (Å²) in [4.78, 5) is 0. The minimum atomic E-state index is -1.02. The van der Waals surface area contributed by atoms with Gasteiger partial charge in [-0.1, -0.05) is 0 Å². The molecule has 1 spiro atoms. The molecule has 5 heteroatoms. The summed E-state index contributed by atoms with van der Waals surface area (Å²) in [6.45, 7) is 9.54. The first-order valence-corrected chi connectivity index (χ1v) is 7.87. The highest BCUT2D eigenvalue weighted by Gasteiger charge is 2.45. The Hall–Kier alpha value is 0.0300. The van der Waals surface area contributed by atoms with Crippen molar-refractivity contribution in [2.24, 2.45) is 0 Å². The topological polar surface area (TPSA) is 47.6 Å². The molecular weight excluding hydrogens is 250 g/mol. The number of ether oxygens (including phenoxy) is 2. The lowest BCUT2D eigenvalue weighted by molar-refractivity contribution is -0.184. The summed E-state index contributed by atoms with van der Waals surface area (Å²) in [5.41, 5.74) is -0.0707. The van der Waals surface area contributed by atoms with Crippen LogP contribution in [-0.2, 0) is 20.5 Å². The number of hydrogen-bond acceptors (Lipinski definition) is 3. The molecule has 1 aliphatic heterocycles. The van der Waals surface area contributed by atoms with Gasteiger partial charge in [-0.15, -0.1) is 0 Å². The molecule has 1 saturated heterocycles. The Kier molecular flexibility index (Phi) is 3.89. The van der Waals surface area contributed by atoms with Gasteiger partial charge in [-0.25, -0.2) is 8.93 Å². The van der Waals surface area contributed by atoms with E-state index in [9.17, 15) is 4.21 Å². The predicted octanol–water partition coefficient (Wildman–Crippen LogP) is 2.11. The third-order valence-electron chi connectivity index (χ3n) is 3.82. The molecule has 1 heterocycles. The summed E-state index contributed by atoms with van der Waals surface area (Å²) < 4.78 is 26.7. The van der Waals surface area contributed by atoms with Crippen molar-refractivity contribution >= 4 is 11.0 Å². The Morgan fingerprint density at radius 1 is 1.06 bits per heavy atom. The van der Waals surface area contributed by atoms with E-state index in [1.165, 1.54) is 0 Å². The molecule has 0 aromatic rings. The fourth-order valence-electron chi connectivity index (χ4n) is 2.45. The first-order valence-electron chi connectivity index (χ1n) is 6.72. The predicted molar refractivity (Wildman–Crippen MR) is 72.5 cm³/mol. The first-order chi connectivity index (χ1) is 8.25. The van der Waals surface area contributed by atoms with E-state index >= 15 is 0 Å². The molecule has 2 fully saturated rings. The van der Waals surface area contributed by atoms with Gasteiger partial charge in [0, 0.05) is 18.4 Å². The summed E-state index contributed by atoms with van der Waals surface area (Å²) in [7, 11) is -1.02. The molecule has 1 N–H and O–H groups in total. The molecule has 0 aromatic carbocycles. The van der Waals surface area contributed by atoms with Crippen molar-refractivity contribution in [3.05, 3.63) is 0 Å². The zero-order valence-electron chi connectivity index (χ0n) is 11.9. The monoisotopic (exact) mass is 275 g/mol. The van der Waals surface area contributed by atoms with Crippen molar-refractivity contribution in [3.63, 3.8) is 0 Å². The fraction of sp³-hybridized carbons (Fsp3) is 1.00. The van der Waals surface area contributed by atoms with Crippen LogP contribution in [0.1, 0.15) is 53.4 Å². The zero-order chi connectivity index (χ0) is 13.4. The van der Waals surface area contributed by atoms with Gasteiger partial charge in [-0.2, -0.15) is 0 Å². The molecule has 0 bridgehead atoms. The van der Waals surface area contributed by atoms with Crippen LogP contribution >= 0.6 is 0 Å². The molecule has 1 aliphatic carbocycles. The van der Waals surface area contributed by atoms with E-state index < -0.39 is 11.0 Å². The Morgan fingerprint density at radius 2 is 1.56 bits per heavy atom. The summed E-state index contributed by atoms with van der Waals surface area (Å²) in [5, 5.41) is 0. The quantitative estimate of drug-likeness (QED) is 0.839. The van der Waals surface area contributed by atoms with E-state index in [-0.39, 0.29) is 16.1 Å². The van der Waals surface area contributed by atoms with Gasteiger partial charge in [0.25, 0.3) is 0 Å². The average molecular weight is 275 g/mol. The summed E-state index contributed by atoms with van der Waals surface area (Å²) >= 11 is 0. The van der Waals surface area contributed by atoms with E-state index in [1.54, 1.807) is 0 Å². The maximum absolute atomic E-state index is 12.2. The molecule has 18 heavy (non-hydrogen) atoms. The van der Waals surface area contributed by atoms with Crippen LogP contribution in [0.3, 0.4) is 0 Å². The summed E-state index contributed by atoms with van der Waals surface area (Å²) in [5.74, 6) is -0.343. The highest BCUT2D eigenvalue weighted by atomic mass is 32.2. The second-order valence-electron chi connectivity index (χ2n) is 6.65.